The molecule has 0 spiro atoms. The monoisotopic (exact) mass is 319 g/mol. The molecule has 2 rings (SSSR count). The topological polar surface area (TPSA) is 47.6 Å². The number of hydrogen-bond donors (Lipinski definition) is 1. The fourth-order valence-electron chi connectivity index (χ4n) is 2.40. The van der Waals surface area contributed by atoms with Gasteiger partial charge in [-0.05, 0) is 51.8 Å². The molecule has 1 aliphatic heterocycles. The van der Waals surface area contributed by atoms with Crippen LogP contribution >= 0.6 is 0 Å². The van der Waals surface area contributed by atoms with E-state index in [9.17, 15) is 9.18 Å². The van der Waals surface area contributed by atoms with Crippen LogP contribution in [0.3, 0.4) is 0 Å². The summed E-state index contributed by atoms with van der Waals surface area (Å²) in [4.78, 5) is 11.2. The van der Waals surface area contributed by atoms with Crippen molar-refractivity contribution >= 4 is 19.5 Å². The van der Waals surface area contributed by atoms with E-state index in [0.717, 1.165) is 5.47 Å². The van der Waals surface area contributed by atoms with Gasteiger partial charge < -0.3 is 14.6 Å². The molecule has 23 heavy (non-hydrogen) atoms. The molecular weight excluding hydrogens is 296 g/mol. The predicted octanol–water partition coefficient (Wildman–Crippen LogP) is 2.87. The maximum absolute atomic E-state index is 13.8. The highest BCUT2D eigenvalue weighted by molar-refractivity contribution is 6.56. The smallest absolute Gasteiger partial charge is 0.400 e. The number of carbonyl (C=O) groups excluding carboxylic acids is 1. The molecule has 0 atom stereocenters. The Labute approximate surface area is 137 Å². The van der Waals surface area contributed by atoms with Gasteiger partial charge in [-0.1, -0.05) is 18.2 Å². The lowest BCUT2D eigenvalue weighted by molar-refractivity contribution is 0.00578. The highest BCUT2D eigenvalue weighted by Crippen LogP contribution is 2.38. The van der Waals surface area contributed by atoms with Crippen LogP contribution in [-0.4, -0.2) is 38.2 Å². The molecule has 1 saturated heterocycles. The second-order valence-electron chi connectivity index (χ2n) is 6.70. The summed E-state index contributed by atoms with van der Waals surface area (Å²) in [6.07, 6.45) is 2.29. The van der Waals surface area contributed by atoms with Gasteiger partial charge in [0.05, 0.1) is 16.8 Å². The molecular formula is C17H23BFNO3. The lowest BCUT2D eigenvalue weighted by Crippen LogP contribution is -2.41. The maximum Gasteiger partial charge on any atom is 0.491 e. The molecule has 0 amide bonds. The van der Waals surface area contributed by atoms with Crippen molar-refractivity contribution in [2.75, 3.05) is 13.6 Å². The van der Waals surface area contributed by atoms with Crippen LogP contribution in [0.25, 0.3) is 6.08 Å². The first-order chi connectivity index (χ1) is 10.7. The molecule has 0 unspecified atom stereocenters. The van der Waals surface area contributed by atoms with Crippen LogP contribution in [0.5, 0.6) is 0 Å². The van der Waals surface area contributed by atoms with Crippen molar-refractivity contribution in [1.29, 1.82) is 0 Å². The van der Waals surface area contributed by atoms with Crippen LogP contribution in [0.2, 0.25) is 0 Å². The zero-order valence-electron chi connectivity index (χ0n) is 14.3. The van der Waals surface area contributed by atoms with Gasteiger partial charge >= 0.3 is 7.12 Å². The lowest BCUT2D eigenvalue weighted by atomic mass is 9.76. The largest absolute Gasteiger partial charge is 0.491 e. The van der Waals surface area contributed by atoms with Gasteiger partial charge in [0, 0.05) is 6.54 Å². The Morgan fingerprint density at radius 1 is 1.26 bits per heavy atom. The average molecular weight is 319 g/mol. The van der Waals surface area contributed by atoms with E-state index in [1.165, 1.54) is 6.07 Å². The first-order valence-corrected chi connectivity index (χ1v) is 7.66. The number of carbonyl (C=O) groups is 1. The summed E-state index contributed by atoms with van der Waals surface area (Å²) in [5, 5.41) is 3.06. The quantitative estimate of drug-likeness (QED) is 0.670. The highest BCUT2D eigenvalue weighted by atomic mass is 19.1. The van der Waals surface area contributed by atoms with Crippen LogP contribution in [0.1, 0.15) is 43.6 Å². The van der Waals surface area contributed by atoms with Gasteiger partial charge in [0.2, 0.25) is 0 Å². The van der Waals surface area contributed by atoms with E-state index in [2.05, 4.69) is 5.32 Å². The van der Waals surface area contributed by atoms with Crippen molar-refractivity contribution in [3.8, 4) is 0 Å². The molecule has 1 fully saturated rings. The summed E-state index contributed by atoms with van der Waals surface area (Å²) >= 11 is 0. The molecule has 0 bridgehead atoms. The Morgan fingerprint density at radius 3 is 2.39 bits per heavy atom. The van der Waals surface area contributed by atoms with E-state index in [4.69, 9.17) is 9.31 Å². The molecule has 0 saturated carbocycles. The second kappa shape index (κ2) is 6.55. The normalized spacial score (nSPS) is 19.9. The van der Waals surface area contributed by atoms with Crippen LogP contribution in [0.4, 0.5) is 4.39 Å². The van der Waals surface area contributed by atoms with Gasteiger partial charge in [-0.2, -0.15) is 0 Å². The molecule has 1 aromatic rings. The SMILES string of the molecule is CNCC(=Cc1cccc(F)c1C=O)B1OC(C)(C)C(C)(C)O1. The fourth-order valence-corrected chi connectivity index (χ4v) is 2.40. The van der Waals surface area contributed by atoms with Crippen LogP contribution in [0.15, 0.2) is 23.7 Å². The molecule has 1 aromatic carbocycles. The number of nitrogens with one attached hydrogen (secondary N) is 1. The Bertz CT molecular complexity index is 612. The van der Waals surface area contributed by atoms with E-state index in [0.29, 0.717) is 18.4 Å². The van der Waals surface area contributed by atoms with Gasteiger partial charge in [-0.15, -0.1) is 0 Å². The van der Waals surface area contributed by atoms with Gasteiger partial charge in [-0.25, -0.2) is 4.39 Å². The molecule has 0 aliphatic carbocycles. The van der Waals surface area contributed by atoms with Crippen molar-refractivity contribution in [3.05, 3.63) is 40.6 Å². The minimum atomic E-state index is -0.546. The predicted molar refractivity (Wildman–Crippen MR) is 89.8 cm³/mol. The minimum Gasteiger partial charge on any atom is -0.400 e. The zero-order valence-corrected chi connectivity index (χ0v) is 14.3. The standard InChI is InChI=1S/C17H23BFNO3/c1-16(2)17(3,4)23-18(22-16)13(10-20-5)9-12-7-6-8-15(19)14(12)11-21/h6-9,11,20H,10H2,1-5H3. The third kappa shape index (κ3) is 3.55. The zero-order chi connectivity index (χ0) is 17.3. The van der Waals surface area contributed by atoms with Gasteiger partial charge in [0.15, 0.2) is 6.29 Å². The third-order valence-corrected chi connectivity index (χ3v) is 4.48. The number of aldehydes is 1. The molecule has 1 N–H and O–H groups in total. The van der Waals surface area contributed by atoms with Gasteiger partial charge in [-0.3, -0.25) is 4.79 Å². The molecule has 6 heteroatoms. The molecule has 1 heterocycles. The van der Waals surface area contributed by atoms with Crippen LogP contribution in [-0.2, 0) is 9.31 Å². The number of rotatable bonds is 5. The number of benzene rings is 1. The summed E-state index contributed by atoms with van der Waals surface area (Å²) in [5.41, 5.74) is 0.442. The number of halogens is 1. The number of hydrogen-bond acceptors (Lipinski definition) is 4. The first kappa shape index (κ1) is 17.9. The molecule has 4 nitrogen and oxygen atoms in total. The average Bonchev–Trinajstić information content (AvgIpc) is 2.67. The van der Waals surface area contributed by atoms with E-state index < -0.39 is 24.1 Å². The van der Waals surface area contributed by atoms with Crippen molar-refractivity contribution in [2.45, 2.75) is 38.9 Å². The molecule has 124 valence electrons. The van der Waals surface area contributed by atoms with Crippen molar-refractivity contribution < 1.29 is 18.5 Å². The van der Waals surface area contributed by atoms with Crippen molar-refractivity contribution in [3.63, 3.8) is 0 Å². The summed E-state index contributed by atoms with van der Waals surface area (Å²) in [6, 6.07) is 4.55. The molecule has 0 aromatic heterocycles. The lowest BCUT2D eigenvalue weighted by Gasteiger charge is -2.32. The van der Waals surface area contributed by atoms with E-state index in [1.54, 1.807) is 18.2 Å². The van der Waals surface area contributed by atoms with E-state index in [1.807, 2.05) is 34.7 Å². The Morgan fingerprint density at radius 2 is 1.87 bits per heavy atom. The maximum atomic E-state index is 13.8. The Kier molecular flexibility index (Phi) is 5.09. The van der Waals surface area contributed by atoms with Crippen molar-refractivity contribution in [2.24, 2.45) is 0 Å². The van der Waals surface area contributed by atoms with E-state index in [-0.39, 0.29) is 5.56 Å². The summed E-state index contributed by atoms with van der Waals surface area (Å²) in [7, 11) is 1.26. The van der Waals surface area contributed by atoms with Gasteiger partial charge in [0.25, 0.3) is 0 Å². The van der Waals surface area contributed by atoms with Crippen LogP contribution in [0, 0.1) is 5.82 Å². The highest BCUT2D eigenvalue weighted by Gasteiger charge is 2.52. The summed E-state index contributed by atoms with van der Waals surface area (Å²) in [6.45, 7) is 8.41. The Balaban J connectivity index is 2.40. The minimum absolute atomic E-state index is 0.0395. The Hall–Kier alpha value is -1.50. The summed E-state index contributed by atoms with van der Waals surface area (Å²) < 4.78 is 25.9. The van der Waals surface area contributed by atoms with Crippen LogP contribution < -0.4 is 5.32 Å². The summed E-state index contributed by atoms with van der Waals surface area (Å²) in [5.74, 6) is -0.536. The van der Waals surface area contributed by atoms with E-state index >= 15 is 0 Å². The van der Waals surface area contributed by atoms with Gasteiger partial charge in [0.1, 0.15) is 5.82 Å². The number of likely N-dealkylation sites (N-methyl/N-ethyl adjacent to an activating group) is 1. The fraction of sp³-hybridized carbons (Fsp3) is 0.471. The third-order valence-electron chi connectivity index (χ3n) is 4.48. The van der Waals surface area contributed by atoms with Crippen molar-refractivity contribution in [1.82, 2.24) is 5.32 Å². The second-order valence-corrected chi connectivity index (χ2v) is 6.70. The molecule has 1 aliphatic rings. The molecule has 0 radical (unpaired) electrons. The first-order valence-electron chi connectivity index (χ1n) is 7.66.